The summed E-state index contributed by atoms with van der Waals surface area (Å²) in [5.74, 6) is -0.368. The highest BCUT2D eigenvalue weighted by Gasteiger charge is 2.12. The maximum absolute atomic E-state index is 11.7. The Bertz CT molecular complexity index is 503. The zero-order valence-electron chi connectivity index (χ0n) is 9.06. The summed E-state index contributed by atoms with van der Waals surface area (Å²) < 4.78 is 5.07. The highest BCUT2D eigenvalue weighted by atomic mass is 16.5. The van der Waals surface area contributed by atoms with Gasteiger partial charge in [0, 0.05) is 11.6 Å². The Hall–Kier alpha value is -1.90. The van der Waals surface area contributed by atoms with Crippen LogP contribution >= 0.6 is 0 Å². The lowest BCUT2D eigenvalue weighted by Crippen LogP contribution is -2.08. The van der Waals surface area contributed by atoms with E-state index in [-0.39, 0.29) is 5.97 Å². The van der Waals surface area contributed by atoms with Crippen molar-refractivity contribution in [3.05, 3.63) is 42.2 Å². The van der Waals surface area contributed by atoms with Crippen LogP contribution in [0.25, 0.3) is 10.8 Å². The number of rotatable bonds is 3. The molecular formula is C13H12NO2. The molecule has 1 aromatic carbocycles. The van der Waals surface area contributed by atoms with Crippen molar-refractivity contribution >= 4 is 16.7 Å². The van der Waals surface area contributed by atoms with E-state index in [1.807, 2.05) is 31.2 Å². The van der Waals surface area contributed by atoms with E-state index < -0.39 is 0 Å². The summed E-state index contributed by atoms with van der Waals surface area (Å²) in [6.07, 6.45) is 2.41. The van der Waals surface area contributed by atoms with Crippen LogP contribution in [-0.2, 0) is 4.74 Å². The van der Waals surface area contributed by atoms with Crippen LogP contribution in [0.5, 0.6) is 0 Å². The molecule has 1 heterocycles. The first-order chi connectivity index (χ1) is 7.83. The van der Waals surface area contributed by atoms with Gasteiger partial charge in [-0.1, -0.05) is 25.1 Å². The molecule has 1 radical (unpaired) electrons. The first-order valence-corrected chi connectivity index (χ1v) is 5.25. The van der Waals surface area contributed by atoms with Crippen molar-refractivity contribution in [3.63, 3.8) is 0 Å². The minimum Gasteiger partial charge on any atom is -0.461 e. The molecule has 0 aliphatic rings. The summed E-state index contributed by atoms with van der Waals surface area (Å²) in [6, 6.07) is 10.4. The Labute approximate surface area is 94.1 Å². The van der Waals surface area contributed by atoms with Crippen molar-refractivity contribution < 1.29 is 9.53 Å². The number of aromatic nitrogens is 1. The second-order valence-corrected chi connectivity index (χ2v) is 3.43. The molecule has 3 heteroatoms. The molecule has 2 rings (SSSR count). The van der Waals surface area contributed by atoms with Crippen LogP contribution in [-0.4, -0.2) is 17.6 Å². The first-order valence-electron chi connectivity index (χ1n) is 5.25. The number of esters is 1. The topological polar surface area (TPSA) is 39.2 Å². The summed E-state index contributed by atoms with van der Waals surface area (Å²) in [5.41, 5.74) is 0.364. The number of ether oxygens (including phenoxy) is 1. The normalized spacial score (nSPS) is 10.3. The minimum absolute atomic E-state index is 0.364. The van der Waals surface area contributed by atoms with Gasteiger partial charge in [-0.05, 0) is 23.9 Å². The molecule has 1 aromatic heterocycles. The molecule has 0 saturated carbocycles. The Balaban J connectivity index is 2.40. The minimum atomic E-state index is -0.368. The Morgan fingerprint density at radius 1 is 1.50 bits per heavy atom. The van der Waals surface area contributed by atoms with Crippen LogP contribution < -0.4 is 0 Å². The molecule has 0 unspecified atom stereocenters. The van der Waals surface area contributed by atoms with Crippen molar-refractivity contribution in [1.29, 1.82) is 0 Å². The van der Waals surface area contributed by atoms with E-state index in [1.54, 1.807) is 6.20 Å². The fourth-order valence-corrected chi connectivity index (χ4v) is 1.48. The lowest BCUT2D eigenvalue weighted by Gasteiger charge is -2.05. The zero-order valence-corrected chi connectivity index (χ0v) is 9.06. The number of pyridine rings is 1. The summed E-state index contributed by atoms with van der Waals surface area (Å²) in [6.45, 7) is 2.38. The van der Waals surface area contributed by atoms with E-state index in [0.29, 0.717) is 12.3 Å². The molecule has 3 nitrogen and oxygen atoms in total. The smallest absolute Gasteiger partial charge is 0.357 e. The predicted molar refractivity (Wildman–Crippen MR) is 61.2 cm³/mol. The molecule has 0 aliphatic heterocycles. The SMILES string of the molecule is CCCOC(=O)c1nccc2[c]cccc12. The second kappa shape index (κ2) is 4.75. The van der Waals surface area contributed by atoms with Gasteiger partial charge >= 0.3 is 5.97 Å². The average Bonchev–Trinajstić information content (AvgIpc) is 2.35. The lowest BCUT2D eigenvalue weighted by atomic mass is 10.1. The summed E-state index contributed by atoms with van der Waals surface area (Å²) >= 11 is 0. The van der Waals surface area contributed by atoms with Gasteiger partial charge in [-0.2, -0.15) is 0 Å². The van der Waals surface area contributed by atoms with Gasteiger partial charge in [0.25, 0.3) is 0 Å². The molecule has 2 aromatic rings. The van der Waals surface area contributed by atoms with Crippen LogP contribution in [0.15, 0.2) is 30.5 Å². The molecular weight excluding hydrogens is 202 g/mol. The van der Waals surface area contributed by atoms with Crippen molar-refractivity contribution in [3.8, 4) is 0 Å². The molecule has 0 bridgehead atoms. The van der Waals surface area contributed by atoms with Crippen LogP contribution in [0.1, 0.15) is 23.8 Å². The average molecular weight is 214 g/mol. The Morgan fingerprint density at radius 2 is 2.38 bits per heavy atom. The maximum atomic E-state index is 11.7. The molecule has 0 fully saturated rings. The van der Waals surface area contributed by atoms with Crippen LogP contribution in [0.4, 0.5) is 0 Å². The molecule has 16 heavy (non-hydrogen) atoms. The standard InChI is InChI=1S/C13H12NO2/c1-2-9-16-13(15)12-11-6-4-3-5-10(11)7-8-14-12/h3-4,6-8H,2,9H2,1H3. The van der Waals surface area contributed by atoms with E-state index in [0.717, 1.165) is 17.2 Å². The van der Waals surface area contributed by atoms with E-state index in [9.17, 15) is 4.79 Å². The largest absolute Gasteiger partial charge is 0.461 e. The number of carbonyl (C=O) groups is 1. The van der Waals surface area contributed by atoms with Crippen LogP contribution in [0.2, 0.25) is 0 Å². The zero-order chi connectivity index (χ0) is 11.4. The lowest BCUT2D eigenvalue weighted by molar-refractivity contribution is 0.0501. The first kappa shape index (κ1) is 10.6. The monoisotopic (exact) mass is 214 g/mol. The molecule has 0 saturated heterocycles. The highest BCUT2D eigenvalue weighted by molar-refractivity contribution is 6.02. The number of hydrogen-bond acceptors (Lipinski definition) is 3. The number of benzene rings is 1. The number of fused-ring (bicyclic) bond motifs is 1. The van der Waals surface area contributed by atoms with E-state index in [2.05, 4.69) is 11.1 Å². The third kappa shape index (κ3) is 2.03. The van der Waals surface area contributed by atoms with Gasteiger partial charge in [-0.15, -0.1) is 0 Å². The van der Waals surface area contributed by atoms with Crippen molar-refractivity contribution in [2.75, 3.05) is 6.61 Å². The van der Waals surface area contributed by atoms with Gasteiger partial charge in [0.2, 0.25) is 0 Å². The number of hydrogen-bond donors (Lipinski definition) is 0. The molecule has 81 valence electrons. The molecule has 0 N–H and O–H groups in total. The number of carbonyl (C=O) groups excluding carboxylic acids is 1. The predicted octanol–water partition coefficient (Wildman–Crippen LogP) is 2.60. The van der Waals surface area contributed by atoms with Gasteiger partial charge in [-0.3, -0.25) is 0 Å². The van der Waals surface area contributed by atoms with E-state index >= 15 is 0 Å². The number of nitrogens with zero attached hydrogens (tertiary/aromatic N) is 1. The third-order valence-electron chi connectivity index (χ3n) is 2.22. The molecule has 0 spiro atoms. The van der Waals surface area contributed by atoms with Crippen molar-refractivity contribution in [1.82, 2.24) is 4.98 Å². The van der Waals surface area contributed by atoms with Gasteiger partial charge in [-0.25, -0.2) is 9.78 Å². The highest BCUT2D eigenvalue weighted by Crippen LogP contribution is 2.16. The van der Waals surface area contributed by atoms with E-state index in [1.165, 1.54) is 0 Å². The summed E-state index contributed by atoms with van der Waals surface area (Å²) in [4.78, 5) is 15.8. The Kier molecular flexibility index (Phi) is 3.15. The molecule has 0 atom stereocenters. The Morgan fingerprint density at radius 3 is 3.19 bits per heavy atom. The van der Waals surface area contributed by atoms with Gasteiger partial charge < -0.3 is 4.74 Å². The summed E-state index contributed by atoms with van der Waals surface area (Å²) in [5, 5.41) is 1.66. The second-order valence-electron chi connectivity index (χ2n) is 3.43. The fraction of sp³-hybridized carbons (Fsp3) is 0.231. The van der Waals surface area contributed by atoms with Crippen LogP contribution in [0.3, 0.4) is 0 Å². The van der Waals surface area contributed by atoms with Gasteiger partial charge in [0.1, 0.15) is 0 Å². The quantitative estimate of drug-likeness (QED) is 0.737. The van der Waals surface area contributed by atoms with Crippen molar-refractivity contribution in [2.45, 2.75) is 13.3 Å². The van der Waals surface area contributed by atoms with Crippen molar-refractivity contribution in [2.24, 2.45) is 0 Å². The van der Waals surface area contributed by atoms with Crippen LogP contribution in [0, 0.1) is 6.07 Å². The maximum Gasteiger partial charge on any atom is 0.357 e. The fourth-order valence-electron chi connectivity index (χ4n) is 1.48. The molecule has 0 aliphatic carbocycles. The molecule has 0 amide bonds. The summed E-state index contributed by atoms with van der Waals surface area (Å²) in [7, 11) is 0. The van der Waals surface area contributed by atoms with Gasteiger partial charge in [0.05, 0.1) is 6.61 Å². The third-order valence-corrected chi connectivity index (χ3v) is 2.22. The van der Waals surface area contributed by atoms with E-state index in [4.69, 9.17) is 4.74 Å². The van der Waals surface area contributed by atoms with Gasteiger partial charge in [0.15, 0.2) is 5.69 Å².